The monoisotopic (exact) mass is 202 g/mol. The molecule has 0 bridgehead atoms. The van der Waals surface area contributed by atoms with Crippen LogP contribution in [0.4, 0.5) is 0 Å². The molecule has 0 fully saturated rings. The number of aryl methyl sites for hydroxylation is 1. The molecule has 0 saturated carbocycles. The fourth-order valence-electron chi connectivity index (χ4n) is 1.85. The summed E-state index contributed by atoms with van der Waals surface area (Å²) in [5, 5.41) is 9.27. The summed E-state index contributed by atoms with van der Waals surface area (Å²) in [5.41, 5.74) is 2.01. The maximum Gasteiger partial charge on any atom is 0.161 e. The number of carbonyl (C=O) groups excluding carboxylic acids is 1. The molecule has 0 aromatic heterocycles. The molecular formula is C13H14O2. The molecule has 1 atom stereocenters. The molecule has 0 spiro atoms. The van der Waals surface area contributed by atoms with Gasteiger partial charge in [-0.1, -0.05) is 30.3 Å². The van der Waals surface area contributed by atoms with Gasteiger partial charge in [0.2, 0.25) is 0 Å². The van der Waals surface area contributed by atoms with E-state index in [9.17, 15) is 9.90 Å². The van der Waals surface area contributed by atoms with E-state index in [0.29, 0.717) is 0 Å². The molecule has 15 heavy (non-hydrogen) atoms. The Kier molecular flexibility index (Phi) is 2.97. The Morgan fingerprint density at radius 1 is 1.20 bits per heavy atom. The Morgan fingerprint density at radius 2 is 1.93 bits per heavy atom. The molecule has 0 saturated heterocycles. The van der Waals surface area contributed by atoms with Gasteiger partial charge in [-0.3, -0.25) is 4.79 Å². The van der Waals surface area contributed by atoms with Crippen LogP contribution in [0.15, 0.2) is 42.0 Å². The van der Waals surface area contributed by atoms with Gasteiger partial charge >= 0.3 is 0 Å². The molecule has 0 heterocycles. The van der Waals surface area contributed by atoms with Crippen LogP contribution in [-0.2, 0) is 11.2 Å². The van der Waals surface area contributed by atoms with Crippen LogP contribution in [0.2, 0.25) is 0 Å². The lowest BCUT2D eigenvalue weighted by Crippen LogP contribution is -2.01. The molecule has 0 radical (unpaired) electrons. The van der Waals surface area contributed by atoms with Gasteiger partial charge in [-0.2, -0.15) is 0 Å². The van der Waals surface area contributed by atoms with Crippen LogP contribution in [0.25, 0.3) is 0 Å². The van der Waals surface area contributed by atoms with Crippen molar-refractivity contribution in [2.75, 3.05) is 0 Å². The number of hydrogen-bond donors (Lipinski definition) is 1. The summed E-state index contributed by atoms with van der Waals surface area (Å²) in [5.74, 6) is 0.0958. The predicted molar refractivity (Wildman–Crippen MR) is 58.5 cm³/mol. The van der Waals surface area contributed by atoms with Crippen molar-refractivity contribution in [2.24, 2.45) is 0 Å². The Morgan fingerprint density at radius 3 is 2.53 bits per heavy atom. The normalized spacial score (nSPS) is 20.5. The maximum absolute atomic E-state index is 11.4. The van der Waals surface area contributed by atoms with Gasteiger partial charge in [-0.05, 0) is 30.1 Å². The van der Waals surface area contributed by atoms with E-state index in [1.54, 1.807) is 6.08 Å². The van der Waals surface area contributed by atoms with Crippen molar-refractivity contribution < 1.29 is 9.90 Å². The molecule has 0 unspecified atom stereocenters. The number of Topliss-reactive ketones (excluding diaryl/α,β-unsaturated/α-hetero) is 1. The van der Waals surface area contributed by atoms with E-state index < -0.39 is 6.10 Å². The number of aliphatic hydroxyl groups is 1. The first kappa shape index (κ1) is 10.1. The average Bonchev–Trinajstić information content (AvgIpc) is 2.56. The smallest absolute Gasteiger partial charge is 0.161 e. The zero-order valence-electron chi connectivity index (χ0n) is 8.52. The molecule has 2 rings (SSSR count). The highest BCUT2D eigenvalue weighted by atomic mass is 16.3. The highest BCUT2D eigenvalue weighted by molar-refractivity contribution is 5.98. The van der Waals surface area contributed by atoms with E-state index in [1.165, 1.54) is 5.56 Å². The first-order valence-corrected chi connectivity index (χ1v) is 5.21. The molecule has 1 N–H and O–H groups in total. The molecule has 0 amide bonds. The summed E-state index contributed by atoms with van der Waals surface area (Å²) in [4.78, 5) is 11.4. The van der Waals surface area contributed by atoms with Gasteiger partial charge in [-0.25, -0.2) is 0 Å². The fourth-order valence-corrected chi connectivity index (χ4v) is 1.85. The van der Waals surface area contributed by atoms with Gasteiger partial charge < -0.3 is 5.11 Å². The summed E-state index contributed by atoms with van der Waals surface area (Å²) in [6.45, 7) is 0. The second-order valence-corrected chi connectivity index (χ2v) is 3.87. The molecule has 1 aliphatic carbocycles. The third kappa shape index (κ3) is 2.54. The van der Waals surface area contributed by atoms with Crippen molar-refractivity contribution in [3.8, 4) is 0 Å². The number of aliphatic hydroxyl groups excluding tert-OH is 1. The van der Waals surface area contributed by atoms with E-state index in [-0.39, 0.29) is 12.2 Å². The zero-order chi connectivity index (χ0) is 10.7. The van der Waals surface area contributed by atoms with E-state index in [0.717, 1.165) is 18.4 Å². The third-order valence-corrected chi connectivity index (χ3v) is 2.67. The Balaban J connectivity index is 1.94. The third-order valence-electron chi connectivity index (χ3n) is 2.67. The minimum Gasteiger partial charge on any atom is -0.389 e. The number of carbonyl (C=O) groups is 1. The molecule has 0 aliphatic heterocycles. The lowest BCUT2D eigenvalue weighted by molar-refractivity contribution is -0.115. The quantitative estimate of drug-likeness (QED) is 0.812. The van der Waals surface area contributed by atoms with Crippen LogP contribution >= 0.6 is 0 Å². The van der Waals surface area contributed by atoms with Crippen LogP contribution in [0.3, 0.4) is 0 Å². The minimum absolute atomic E-state index is 0.0958. The molecule has 1 aromatic carbocycles. The van der Waals surface area contributed by atoms with Crippen LogP contribution < -0.4 is 0 Å². The van der Waals surface area contributed by atoms with Gasteiger partial charge in [-0.15, -0.1) is 0 Å². The van der Waals surface area contributed by atoms with Gasteiger partial charge in [0.05, 0.1) is 6.10 Å². The second kappa shape index (κ2) is 4.41. The van der Waals surface area contributed by atoms with Crippen LogP contribution in [0, 0.1) is 0 Å². The Bertz CT molecular complexity index is 379. The SMILES string of the molecule is O=C1C[C@@H](O)C=C1CCc1ccccc1. The highest BCUT2D eigenvalue weighted by Gasteiger charge is 2.21. The van der Waals surface area contributed by atoms with Crippen LogP contribution in [0.5, 0.6) is 0 Å². The molecule has 2 heteroatoms. The van der Waals surface area contributed by atoms with Crippen molar-refractivity contribution >= 4 is 5.78 Å². The fraction of sp³-hybridized carbons (Fsp3) is 0.308. The van der Waals surface area contributed by atoms with E-state index in [2.05, 4.69) is 12.1 Å². The lowest BCUT2D eigenvalue weighted by Gasteiger charge is -2.00. The molecule has 1 aromatic rings. The summed E-state index contributed by atoms with van der Waals surface area (Å²) >= 11 is 0. The van der Waals surface area contributed by atoms with E-state index in [4.69, 9.17) is 0 Å². The Labute approximate surface area is 89.2 Å². The van der Waals surface area contributed by atoms with Crippen molar-refractivity contribution in [1.29, 1.82) is 0 Å². The Hall–Kier alpha value is -1.41. The predicted octanol–water partition coefficient (Wildman–Crippen LogP) is 1.88. The number of ketones is 1. The summed E-state index contributed by atoms with van der Waals surface area (Å²) < 4.78 is 0. The number of hydrogen-bond acceptors (Lipinski definition) is 2. The first-order chi connectivity index (χ1) is 7.25. The number of benzene rings is 1. The largest absolute Gasteiger partial charge is 0.389 e. The van der Waals surface area contributed by atoms with Crippen molar-refractivity contribution in [3.05, 3.63) is 47.5 Å². The lowest BCUT2D eigenvalue weighted by atomic mass is 10.0. The maximum atomic E-state index is 11.4. The standard InChI is InChI=1S/C13H14O2/c14-12-8-11(13(15)9-12)7-6-10-4-2-1-3-5-10/h1-5,8,12,14H,6-7,9H2/t12-/m0/s1. The average molecular weight is 202 g/mol. The molecule has 2 nitrogen and oxygen atoms in total. The number of allylic oxidation sites excluding steroid dienone is 1. The topological polar surface area (TPSA) is 37.3 Å². The summed E-state index contributed by atoms with van der Waals surface area (Å²) in [6, 6.07) is 10.1. The zero-order valence-corrected chi connectivity index (χ0v) is 8.52. The van der Waals surface area contributed by atoms with Crippen LogP contribution in [-0.4, -0.2) is 17.0 Å². The number of rotatable bonds is 3. The minimum atomic E-state index is -0.553. The summed E-state index contributed by atoms with van der Waals surface area (Å²) in [7, 11) is 0. The molecular weight excluding hydrogens is 188 g/mol. The molecule has 78 valence electrons. The van der Waals surface area contributed by atoms with Crippen LogP contribution in [0.1, 0.15) is 18.4 Å². The van der Waals surface area contributed by atoms with Crippen molar-refractivity contribution in [2.45, 2.75) is 25.4 Å². The first-order valence-electron chi connectivity index (χ1n) is 5.21. The van der Waals surface area contributed by atoms with E-state index >= 15 is 0 Å². The van der Waals surface area contributed by atoms with Gasteiger partial charge in [0.1, 0.15) is 0 Å². The molecule has 1 aliphatic rings. The van der Waals surface area contributed by atoms with Crippen molar-refractivity contribution in [1.82, 2.24) is 0 Å². The van der Waals surface area contributed by atoms with Gasteiger partial charge in [0.25, 0.3) is 0 Å². The highest BCUT2D eigenvalue weighted by Crippen LogP contribution is 2.19. The van der Waals surface area contributed by atoms with Gasteiger partial charge in [0.15, 0.2) is 5.78 Å². The second-order valence-electron chi connectivity index (χ2n) is 3.87. The van der Waals surface area contributed by atoms with Crippen molar-refractivity contribution in [3.63, 3.8) is 0 Å². The van der Waals surface area contributed by atoms with Gasteiger partial charge in [0, 0.05) is 6.42 Å². The van der Waals surface area contributed by atoms with E-state index in [1.807, 2.05) is 18.2 Å². The summed E-state index contributed by atoms with van der Waals surface area (Å²) in [6.07, 6.45) is 3.00.